The van der Waals surface area contributed by atoms with Crippen molar-refractivity contribution < 1.29 is 9.90 Å². The van der Waals surface area contributed by atoms with E-state index in [1.165, 1.54) is 12.8 Å². The third kappa shape index (κ3) is 3.42. The Hall–Kier alpha value is -0.610. The highest BCUT2D eigenvalue weighted by Gasteiger charge is 2.34. The lowest BCUT2D eigenvalue weighted by Gasteiger charge is -2.34. The lowest BCUT2D eigenvalue weighted by molar-refractivity contribution is -0.138. The van der Waals surface area contributed by atoms with Gasteiger partial charge in [0, 0.05) is 19.1 Å². The summed E-state index contributed by atoms with van der Waals surface area (Å²) in [5.41, 5.74) is 0. The van der Waals surface area contributed by atoms with Crippen molar-refractivity contribution in [1.82, 2.24) is 10.2 Å². The zero-order valence-electron chi connectivity index (χ0n) is 10.9. The molecule has 1 heterocycles. The number of aliphatic hydroxyl groups excluding tert-OH is 1. The molecule has 2 fully saturated rings. The van der Waals surface area contributed by atoms with Gasteiger partial charge in [0.25, 0.3) is 0 Å². The molecule has 0 spiro atoms. The van der Waals surface area contributed by atoms with E-state index in [0.29, 0.717) is 12.6 Å². The molecule has 2 aliphatic rings. The number of aliphatic hydroxyl groups is 1. The molecule has 4 nitrogen and oxygen atoms in total. The maximum Gasteiger partial charge on any atom is 0.239 e. The second-order valence-corrected chi connectivity index (χ2v) is 5.73. The predicted molar refractivity (Wildman–Crippen MR) is 66.6 cm³/mol. The van der Waals surface area contributed by atoms with Crippen molar-refractivity contribution >= 4 is 5.91 Å². The molecule has 1 aliphatic carbocycles. The van der Waals surface area contributed by atoms with Crippen molar-refractivity contribution in [3.05, 3.63) is 0 Å². The summed E-state index contributed by atoms with van der Waals surface area (Å²) in [6.07, 6.45) is 4.00. The Morgan fingerprint density at radius 3 is 2.71 bits per heavy atom. The Kier molecular flexibility index (Phi) is 4.05. The van der Waals surface area contributed by atoms with Crippen molar-refractivity contribution in [1.29, 1.82) is 0 Å². The average Bonchev–Trinajstić information content (AvgIpc) is 3.07. The number of β-amino-alcohol motifs (C(OH)–C–C–N with tert-alkyl or cyclic N) is 1. The molecule has 1 amide bonds. The number of nitrogens with one attached hydrogen (secondary N) is 1. The summed E-state index contributed by atoms with van der Waals surface area (Å²) >= 11 is 0. The second kappa shape index (κ2) is 5.36. The number of amides is 1. The van der Waals surface area contributed by atoms with E-state index in [9.17, 15) is 9.90 Å². The zero-order chi connectivity index (χ0) is 12.4. The number of piperidine rings is 1. The number of carbonyl (C=O) groups is 1. The maximum atomic E-state index is 12.2. The van der Waals surface area contributed by atoms with E-state index in [1.54, 1.807) is 0 Å². The van der Waals surface area contributed by atoms with Gasteiger partial charge in [-0.2, -0.15) is 0 Å². The molecule has 1 saturated heterocycles. The van der Waals surface area contributed by atoms with E-state index >= 15 is 0 Å². The number of nitrogens with zero attached hydrogens (tertiary/aromatic N) is 1. The van der Waals surface area contributed by atoms with Crippen LogP contribution in [0.5, 0.6) is 0 Å². The van der Waals surface area contributed by atoms with Crippen molar-refractivity contribution in [2.45, 2.75) is 57.7 Å². The first-order valence-corrected chi connectivity index (χ1v) is 6.81. The van der Waals surface area contributed by atoms with Crippen LogP contribution in [0.1, 0.15) is 39.5 Å². The minimum absolute atomic E-state index is 0.00406. The summed E-state index contributed by atoms with van der Waals surface area (Å²) in [4.78, 5) is 14.0. The monoisotopic (exact) mass is 240 g/mol. The first kappa shape index (κ1) is 12.8. The Morgan fingerprint density at radius 2 is 2.12 bits per heavy atom. The SMILES string of the molecule is CC(C)C(O)CN1CCCC(NC2CC2)C1=O. The molecule has 2 unspecified atom stereocenters. The van der Waals surface area contributed by atoms with Gasteiger partial charge in [-0.25, -0.2) is 0 Å². The van der Waals surface area contributed by atoms with Crippen LogP contribution in [0.2, 0.25) is 0 Å². The van der Waals surface area contributed by atoms with Crippen molar-refractivity contribution in [2.75, 3.05) is 13.1 Å². The van der Waals surface area contributed by atoms with E-state index in [2.05, 4.69) is 5.32 Å². The summed E-state index contributed by atoms with van der Waals surface area (Å²) in [5.74, 6) is 0.391. The van der Waals surface area contributed by atoms with Gasteiger partial charge in [-0.05, 0) is 31.6 Å². The van der Waals surface area contributed by atoms with Crippen LogP contribution >= 0.6 is 0 Å². The fourth-order valence-corrected chi connectivity index (χ4v) is 2.25. The highest BCUT2D eigenvalue weighted by molar-refractivity contribution is 5.82. The summed E-state index contributed by atoms with van der Waals surface area (Å²) < 4.78 is 0. The van der Waals surface area contributed by atoms with E-state index < -0.39 is 6.10 Å². The van der Waals surface area contributed by atoms with Crippen molar-refractivity contribution in [3.8, 4) is 0 Å². The summed E-state index contributed by atoms with van der Waals surface area (Å²) in [5, 5.41) is 13.3. The molecule has 2 atom stereocenters. The molecule has 4 heteroatoms. The zero-order valence-corrected chi connectivity index (χ0v) is 10.9. The third-order valence-electron chi connectivity index (χ3n) is 3.72. The number of likely N-dealkylation sites (tertiary alicyclic amines) is 1. The molecular weight excluding hydrogens is 216 g/mol. The largest absolute Gasteiger partial charge is 0.391 e. The molecule has 0 radical (unpaired) electrons. The number of rotatable bonds is 5. The molecule has 17 heavy (non-hydrogen) atoms. The Morgan fingerprint density at radius 1 is 1.41 bits per heavy atom. The van der Waals surface area contributed by atoms with Crippen LogP contribution in [0.25, 0.3) is 0 Å². The lowest BCUT2D eigenvalue weighted by Crippen LogP contribution is -2.53. The van der Waals surface area contributed by atoms with Crippen molar-refractivity contribution in [2.24, 2.45) is 5.92 Å². The van der Waals surface area contributed by atoms with Gasteiger partial charge in [-0.1, -0.05) is 13.8 Å². The fourth-order valence-electron chi connectivity index (χ4n) is 2.25. The summed E-state index contributed by atoms with van der Waals surface area (Å²) in [6, 6.07) is 0.564. The molecule has 98 valence electrons. The first-order chi connectivity index (χ1) is 8.08. The van der Waals surface area contributed by atoms with Crippen LogP contribution in [0, 0.1) is 5.92 Å². The molecule has 2 N–H and O–H groups in total. The fraction of sp³-hybridized carbons (Fsp3) is 0.923. The van der Waals surface area contributed by atoms with Gasteiger partial charge in [-0.15, -0.1) is 0 Å². The van der Waals surface area contributed by atoms with E-state index in [0.717, 1.165) is 19.4 Å². The van der Waals surface area contributed by atoms with Gasteiger partial charge in [-0.3, -0.25) is 4.79 Å². The molecule has 1 aliphatic heterocycles. The standard InChI is InChI=1S/C13H24N2O2/c1-9(2)12(16)8-15-7-3-4-11(13(15)17)14-10-5-6-10/h9-12,14,16H,3-8H2,1-2H3. The van der Waals surface area contributed by atoms with Crippen LogP contribution < -0.4 is 5.32 Å². The Labute approximate surface area is 103 Å². The highest BCUT2D eigenvalue weighted by atomic mass is 16.3. The minimum atomic E-state index is -0.404. The Bertz CT molecular complexity index is 277. The molecule has 0 bridgehead atoms. The molecule has 0 aromatic heterocycles. The molecule has 1 saturated carbocycles. The molecule has 0 aromatic carbocycles. The number of hydrogen-bond acceptors (Lipinski definition) is 3. The van der Waals surface area contributed by atoms with Gasteiger partial charge in [0.05, 0.1) is 12.1 Å². The van der Waals surface area contributed by atoms with E-state index in [4.69, 9.17) is 0 Å². The van der Waals surface area contributed by atoms with Gasteiger partial charge < -0.3 is 15.3 Å². The molecule has 2 rings (SSSR count). The molecule has 0 aromatic rings. The van der Waals surface area contributed by atoms with Gasteiger partial charge in [0.15, 0.2) is 0 Å². The third-order valence-corrected chi connectivity index (χ3v) is 3.72. The first-order valence-electron chi connectivity index (χ1n) is 6.81. The van der Waals surface area contributed by atoms with Crippen LogP contribution in [0.15, 0.2) is 0 Å². The number of carbonyl (C=O) groups excluding carboxylic acids is 1. The minimum Gasteiger partial charge on any atom is -0.391 e. The summed E-state index contributed by atoms with van der Waals surface area (Å²) in [7, 11) is 0. The number of hydrogen-bond donors (Lipinski definition) is 2. The summed E-state index contributed by atoms with van der Waals surface area (Å²) in [6.45, 7) is 5.25. The normalized spacial score (nSPS) is 27.6. The maximum absolute atomic E-state index is 12.2. The Balaban J connectivity index is 1.86. The van der Waals surface area contributed by atoms with Crippen LogP contribution in [0.4, 0.5) is 0 Å². The van der Waals surface area contributed by atoms with Gasteiger partial charge in [0.2, 0.25) is 5.91 Å². The average molecular weight is 240 g/mol. The van der Waals surface area contributed by atoms with Crippen LogP contribution in [0.3, 0.4) is 0 Å². The van der Waals surface area contributed by atoms with E-state index in [-0.39, 0.29) is 17.9 Å². The predicted octanol–water partition coefficient (Wildman–Crippen LogP) is 0.746. The van der Waals surface area contributed by atoms with Crippen LogP contribution in [-0.4, -0.2) is 47.2 Å². The second-order valence-electron chi connectivity index (χ2n) is 5.73. The molecular formula is C13H24N2O2. The highest BCUT2D eigenvalue weighted by Crippen LogP contribution is 2.22. The van der Waals surface area contributed by atoms with Crippen molar-refractivity contribution in [3.63, 3.8) is 0 Å². The van der Waals surface area contributed by atoms with E-state index in [1.807, 2.05) is 18.7 Å². The van der Waals surface area contributed by atoms with Crippen LogP contribution in [-0.2, 0) is 4.79 Å². The topological polar surface area (TPSA) is 52.6 Å². The quantitative estimate of drug-likeness (QED) is 0.745. The van der Waals surface area contributed by atoms with Gasteiger partial charge in [0.1, 0.15) is 0 Å². The smallest absolute Gasteiger partial charge is 0.239 e. The van der Waals surface area contributed by atoms with Gasteiger partial charge >= 0.3 is 0 Å². The lowest BCUT2D eigenvalue weighted by atomic mass is 10.0.